The van der Waals surface area contributed by atoms with E-state index in [0.29, 0.717) is 17.2 Å². The van der Waals surface area contributed by atoms with Gasteiger partial charge in [-0.25, -0.2) is 0 Å². The maximum absolute atomic E-state index is 5.46. The molecule has 0 atom stereocenters. The maximum atomic E-state index is 5.46. The number of nitrogens with zero attached hydrogens (tertiary/aromatic N) is 1. The number of methoxy groups -OCH3 is 4. The van der Waals surface area contributed by atoms with Crippen molar-refractivity contribution in [2.45, 2.75) is 0 Å². The Balaban J connectivity index is 2.10. The van der Waals surface area contributed by atoms with Gasteiger partial charge < -0.3 is 18.9 Å². The zero-order chi connectivity index (χ0) is 17.8. The van der Waals surface area contributed by atoms with Gasteiger partial charge in [0.25, 0.3) is 0 Å². The van der Waals surface area contributed by atoms with E-state index >= 15 is 0 Å². The van der Waals surface area contributed by atoms with E-state index in [1.165, 1.54) is 11.5 Å². The molecule has 1 heterocycles. The standard InChI is InChI=1S/C19H19NO4S/c1-21-14-7-5-12(6-8-14)15-11-20-25-19(15)13-9-16(22-2)18(24-4)17(10-13)23-3/h5-11H,1-4H3. The van der Waals surface area contributed by atoms with E-state index in [-0.39, 0.29) is 0 Å². The van der Waals surface area contributed by atoms with Gasteiger partial charge >= 0.3 is 0 Å². The van der Waals surface area contributed by atoms with Crippen molar-refractivity contribution in [3.8, 4) is 44.6 Å². The summed E-state index contributed by atoms with van der Waals surface area (Å²) in [6.45, 7) is 0. The molecule has 3 aromatic rings. The molecule has 1 aromatic heterocycles. The van der Waals surface area contributed by atoms with Gasteiger partial charge in [0.15, 0.2) is 11.5 Å². The van der Waals surface area contributed by atoms with Crippen molar-refractivity contribution < 1.29 is 18.9 Å². The fourth-order valence-electron chi connectivity index (χ4n) is 2.64. The first-order valence-electron chi connectivity index (χ1n) is 7.61. The van der Waals surface area contributed by atoms with E-state index in [1.54, 1.807) is 28.4 Å². The first kappa shape index (κ1) is 17.1. The highest BCUT2D eigenvalue weighted by Gasteiger charge is 2.17. The van der Waals surface area contributed by atoms with Gasteiger partial charge in [0, 0.05) is 17.3 Å². The monoisotopic (exact) mass is 357 g/mol. The Labute approximate surface area is 150 Å². The van der Waals surface area contributed by atoms with Crippen molar-refractivity contribution in [3.63, 3.8) is 0 Å². The molecule has 0 aliphatic carbocycles. The number of hydrogen-bond acceptors (Lipinski definition) is 6. The minimum atomic E-state index is 0.573. The molecule has 0 unspecified atom stereocenters. The van der Waals surface area contributed by atoms with Crippen LogP contribution >= 0.6 is 11.5 Å². The first-order chi connectivity index (χ1) is 12.2. The lowest BCUT2D eigenvalue weighted by atomic mass is 10.0. The van der Waals surface area contributed by atoms with E-state index in [0.717, 1.165) is 27.3 Å². The van der Waals surface area contributed by atoms with Crippen molar-refractivity contribution in [2.75, 3.05) is 28.4 Å². The smallest absolute Gasteiger partial charge is 0.203 e. The lowest BCUT2D eigenvalue weighted by Crippen LogP contribution is -1.95. The number of hydrogen-bond donors (Lipinski definition) is 0. The Morgan fingerprint density at radius 2 is 1.40 bits per heavy atom. The molecule has 0 saturated carbocycles. The predicted molar refractivity (Wildman–Crippen MR) is 99.2 cm³/mol. The SMILES string of the molecule is COc1ccc(-c2cnsc2-c2cc(OC)c(OC)c(OC)c2)cc1. The summed E-state index contributed by atoms with van der Waals surface area (Å²) < 4.78 is 25.9. The van der Waals surface area contributed by atoms with Gasteiger partial charge in [-0.2, -0.15) is 4.37 Å². The minimum absolute atomic E-state index is 0.573. The highest BCUT2D eigenvalue weighted by atomic mass is 32.1. The molecule has 0 spiro atoms. The Kier molecular flexibility index (Phi) is 5.09. The van der Waals surface area contributed by atoms with Crippen LogP contribution in [0.1, 0.15) is 0 Å². The van der Waals surface area contributed by atoms with E-state index in [4.69, 9.17) is 18.9 Å². The van der Waals surface area contributed by atoms with E-state index in [2.05, 4.69) is 4.37 Å². The van der Waals surface area contributed by atoms with Crippen LogP contribution in [0.3, 0.4) is 0 Å². The van der Waals surface area contributed by atoms with Gasteiger partial charge in [-0.1, -0.05) is 12.1 Å². The van der Waals surface area contributed by atoms with Gasteiger partial charge in [-0.15, -0.1) is 0 Å². The molecule has 2 aromatic carbocycles. The van der Waals surface area contributed by atoms with Crippen LogP contribution < -0.4 is 18.9 Å². The molecule has 0 aliphatic heterocycles. The predicted octanol–water partition coefficient (Wildman–Crippen LogP) is 4.51. The third-order valence-electron chi connectivity index (χ3n) is 3.90. The van der Waals surface area contributed by atoms with Crippen molar-refractivity contribution in [2.24, 2.45) is 0 Å². The molecule has 0 N–H and O–H groups in total. The van der Waals surface area contributed by atoms with E-state index in [9.17, 15) is 0 Å². The zero-order valence-electron chi connectivity index (χ0n) is 14.5. The molecule has 0 radical (unpaired) electrons. The number of ether oxygens (including phenoxy) is 4. The quantitative estimate of drug-likeness (QED) is 0.649. The molecule has 0 amide bonds. The molecule has 0 aliphatic rings. The van der Waals surface area contributed by atoms with Gasteiger partial charge in [0.1, 0.15) is 5.75 Å². The Morgan fingerprint density at radius 1 is 0.760 bits per heavy atom. The molecule has 130 valence electrons. The van der Waals surface area contributed by atoms with Gasteiger partial charge in [0.05, 0.1) is 33.3 Å². The molecular formula is C19H19NO4S. The Morgan fingerprint density at radius 3 is 1.92 bits per heavy atom. The van der Waals surface area contributed by atoms with E-state index < -0.39 is 0 Å². The van der Waals surface area contributed by atoms with Gasteiger partial charge in [0.2, 0.25) is 5.75 Å². The van der Waals surface area contributed by atoms with Crippen LogP contribution in [0, 0.1) is 0 Å². The van der Waals surface area contributed by atoms with Crippen LogP contribution in [-0.4, -0.2) is 32.8 Å². The summed E-state index contributed by atoms with van der Waals surface area (Å²) in [7, 11) is 6.47. The highest BCUT2D eigenvalue weighted by molar-refractivity contribution is 7.10. The molecule has 5 nitrogen and oxygen atoms in total. The molecule has 0 saturated heterocycles. The molecule has 0 bridgehead atoms. The van der Waals surface area contributed by atoms with Crippen molar-refractivity contribution in [1.29, 1.82) is 0 Å². The fourth-order valence-corrected chi connectivity index (χ4v) is 3.39. The van der Waals surface area contributed by atoms with Crippen LogP contribution in [0.25, 0.3) is 21.6 Å². The van der Waals surface area contributed by atoms with Gasteiger partial charge in [-0.05, 0) is 41.4 Å². The third-order valence-corrected chi connectivity index (χ3v) is 4.75. The summed E-state index contributed by atoms with van der Waals surface area (Å²) >= 11 is 1.43. The maximum Gasteiger partial charge on any atom is 0.203 e. The first-order valence-corrected chi connectivity index (χ1v) is 8.38. The topological polar surface area (TPSA) is 49.8 Å². The van der Waals surface area contributed by atoms with Crippen molar-refractivity contribution >= 4 is 11.5 Å². The largest absolute Gasteiger partial charge is 0.497 e. The van der Waals surface area contributed by atoms with Crippen LogP contribution in [0.4, 0.5) is 0 Å². The lowest BCUT2D eigenvalue weighted by molar-refractivity contribution is 0.324. The van der Waals surface area contributed by atoms with E-state index in [1.807, 2.05) is 42.6 Å². The summed E-state index contributed by atoms with van der Waals surface area (Å²) in [5.41, 5.74) is 3.07. The van der Waals surface area contributed by atoms with Crippen molar-refractivity contribution in [3.05, 3.63) is 42.6 Å². The second kappa shape index (κ2) is 7.44. The molecule has 0 fully saturated rings. The summed E-state index contributed by atoms with van der Waals surface area (Å²) in [4.78, 5) is 1.03. The Bertz CT molecular complexity index is 833. The number of aromatic nitrogens is 1. The molecular weight excluding hydrogens is 338 g/mol. The molecule has 3 rings (SSSR count). The van der Waals surface area contributed by atoms with Crippen molar-refractivity contribution in [1.82, 2.24) is 4.37 Å². The van der Waals surface area contributed by atoms with Crippen LogP contribution in [0.15, 0.2) is 42.6 Å². The second-order valence-electron chi connectivity index (χ2n) is 5.21. The average molecular weight is 357 g/mol. The Hall–Kier alpha value is -2.73. The van der Waals surface area contributed by atoms with Crippen LogP contribution in [0.2, 0.25) is 0 Å². The lowest BCUT2D eigenvalue weighted by Gasteiger charge is -2.14. The summed E-state index contributed by atoms with van der Waals surface area (Å²) in [6, 6.07) is 11.8. The highest BCUT2D eigenvalue weighted by Crippen LogP contribution is 2.44. The third kappa shape index (κ3) is 3.25. The van der Waals surface area contributed by atoms with Gasteiger partial charge in [-0.3, -0.25) is 0 Å². The second-order valence-corrected chi connectivity index (χ2v) is 6.01. The van der Waals surface area contributed by atoms with Crippen LogP contribution in [-0.2, 0) is 0 Å². The minimum Gasteiger partial charge on any atom is -0.497 e. The summed E-state index contributed by atoms with van der Waals surface area (Å²) in [5.74, 6) is 2.63. The molecule has 25 heavy (non-hydrogen) atoms. The average Bonchev–Trinajstić information content (AvgIpc) is 3.16. The normalized spacial score (nSPS) is 10.4. The van der Waals surface area contributed by atoms with Crippen LogP contribution in [0.5, 0.6) is 23.0 Å². The number of rotatable bonds is 6. The zero-order valence-corrected chi connectivity index (χ0v) is 15.3. The molecule has 6 heteroatoms. The fraction of sp³-hybridized carbons (Fsp3) is 0.211. The summed E-state index contributed by atoms with van der Waals surface area (Å²) in [5, 5.41) is 0. The number of benzene rings is 2. The summed E-state index contributed by atoms with van der Waals surface area (Å²) in [6.07, 6.45) is 1.87.